The first-order chi connectivity index (χ1) is 17.1. The van der Waals surface area contributed by atoms with Gasteiger partial charge in [-0.05, 0) is 12.1 Å². The maximum atomic E-state index is 13.3. The molecular formula is C22H19F2N7O4. The highest BCUT2D eigenvalue weighted by Gasteiger charge is 2.28. The highest BCUT2D eigenvalue weighted by molar-refractivity contribution is 6.09. The number of halogens is 2. The van der Waals surface area contributed by atoms with Crippen LogP contribution in [0.15, 0.2) is 43.0 Å². The van der Waals surface area contributed by atoms with Gasteiger partial charge in [-0.1, -0.05) is 0 Å². The zero-order chi connectivity index (χ0) is 23.9. The number of benzene rings is 1. The third-order valence-corrected chi connectivity index (χ3v) is 5.73. The van der Waals surface area contributed by atoms with E-state index < -0.39 is 12.5 Å². The molecule has 5 heterocycles. The van der Waals surface area contributed by atoms with Gasteiger partial charge in [0.25, 0.3) is 5.91 Å². The number of aromatic nitrogens is 5. The normalized spacial score (nSPS) is 15.3. The lowest BCUT2D eigenvalue weighted by Gasteiger charge is -2.26. The lowest BCUT2D eigenvalue weighted by Crippen LogP contribution is -2.30. The number of nitrogens with zero attached hydrogens (tertiary/aromatic N) is 5. The fourth-order valence-corrected chi connectivity index (χ4v) is 3.96. The number of carbonyl (C=O) groups is 1. The molecule has 1 amide bonds. The number of fused-ring (bicyclic) bond motifs is 2. The number of hydrogen-bond donors (Lipinski definition) is 2. The fraction of sp³-hybridized carbons (Fsp3) is 0.273. The molecule has 0 bridgehead atoms. The summed E-state index contributed by atoms with van der Waals surface area (Å²) in [5.41, 5.74) is 1.97. The molecule has 6 rings (SSSR count). The van der Waals surface area contributed by atoms with Gasteiger partial charge in [0, 0.05) is 31.2 Å². The quantitative estimate of drug-likeness (QED) is 0.430. The van der Waals surface area contributed by atoms with Crippen molar-refractivity contribution in [2.45, 2.75) is 12.7 Å². The van der Waals surface area contributed by atoms with E-state index >= 15 is 0 Å². The number of alkyl halides is 2. The second-order valence-electron chi connectivity index (χ2n) is 7.96. The molecular weight excluding hydrogens is 464 g/mol. The van der Waals surface area contributed by atoms with Gasteiger partial charge in [0.2, 0.25) is 0 Å². The molecule has 2 aliphatic rings. The topological polar surface area (TPSA) is 117 Å². The zero-order valence-corrected chi connectivity index (χ0v) is 18.1. The van der Waals surface area contributed by atoms with Gasteiger partial charge in [-0.25, -0.2) is 9.50 Å². The van der Waals surface area contributed by atoms with Crippen LogP contribution in [-0.2, 0) is 4.74 Å². The summed E-state index contributed by atoms with van der Waals surface area (Å²) in [5.74, 6) is -0.102. The molecule has 4 aromatic rings. The second kappa shape index (κ2) is 8.51. The van der Waals surface area contributed by atoms with E-state index in [4.69, 9.17) is 14.2 Å². The van der Waals surface area contributed by atoms with E-state index in [0.717, 1.165) is 0 Å². The minimum Gasteiger partial charge on any atom is -0.490 e. The molecule has 35 heavy (non-hydrogen) atoms. The summed E-state index contributed by atoms with van der Waals surface area (Å²) in [7, 11) is 0. The molecule has 1 saturated heterocycles. The molecule has 2 N–H and O–H groups in total. The Morgan fingerprint density at radius 3 is 3.00 bits per heavy atom. The van der Waals surface area contributed by atoms with E-state index in [0.29, 0.717) is 49.1 Å². The van der Waals surface area contributed by atoms with Crippen molar-refractivity contribution in [2.24, 2.45) is 0 Å². The number of anilines is 2. The Hall–Kier alpha value is -4.26. The van der Waals surface area contributed by atoms with Crippen molar-refractivity contribution in [3.05, 3.63) is 48.5 Å². The summed E-state index contributed by atoms with van der Waals surface area (Å²) in [6.45, 7) is -1.21. The van der Waals surface area contributed by atoms with E-state index in [9.17, 15) is 13.6 Å². The van der Waals surface area contributed by atoms with Crippen molar-refractivity contribution in [3.63, 3.8) is 0 Å². The molecule has 0 radical (unpaired) electrons. The van der Waals surface area contributed by atoms with Gasteiger partial charge in [-0.2, -0.15) is 19.0 Å². The van der Waals surface area contributed by atoms with Crippen LogP contribution >= 0.6 is 0 Å². The molecule has 0 aliphatic carbocycles. The number of ether oxygens (including phenoxy) is 3. The predicted octanol–water partition coefficient (Wildman–Crippen LogP) is 2.82. The summed E-state index contributed by atoms with van der Waals surface area (Å²) in [6.07, 6.45) is 6.28. The lowest BCUT2D eigenvalue weighted by atomic mass is 10.1. The van der Waals surface area contributed by atoms with E-state index in [2.05, 4.69) is 25.8 Å². The molecule has 3 aromatic heterocycles. The number of carbonyl (C=O) groups excluding carboxylic acids is 1. The molecule has 1 aromatic carbocycles. The Morgan fingerprint density at radius 2 is 2.20 bits per heavy atom. The van der Waals surface area contributed by atoms with Crippen molar-refractivity contribution >= 4 is 22.9 Å². The van der Waals surface area contributed by atoms with E-state index in [1.54, 1.807) is 35.4 Å². The first kappa shape index (κ1) is 21.3. The van der Waals surface area contributed by atoms with Crippen LogP contribution in [0.1, 0.15) is 16.4 Å². The molecule has 13 heteroatoms. The monoisotopic (exact) mass is 483 g/mol. The van der Waals surface area contributed by atoms with Crippen LogP contribution in [0.25, 0.3) is 16.9 Å². The standard InChI is InChI=1S/C22H19F2N7O4/c23-22(24)35-17-7-15-18(34-5-3-25-15)6-13(17)19-16(9-31(29-19)12-10-33-11-12)28-21(32)14-8-27-30-4-1-2-26-20(14)30/h1-2,4,6-9,12,22,25H,3,5,10-11H2,(H,28,32). The minimum absolute atomic E-state index is 0.0481. The summed E-state index contributed by atoms with van der Waals surface area (Å²) in [4.78, 5) is 17.4. The Kier molecular flexibility index (Phi) is 5.17. The van der Waals surface area contributed by atoms with Gasteiger partial charge < -0.3 is 24.8 Å². The number of nitrogens with one attached hydrogen (secondary N) is 2. The average molecular weight is 483 g/mol. The lowest BCUT2D eigenvalue weighted by molar-refractivity contribution is -0.0494. The van der Waals surface area contributed by atoms with Crippen LogP contribution < -0.4 is 20.1 Å². The maximum Gasteiger partial charge on any atom is 0.387 e. The highest BCUT2D eigenvalue weighted by Crippen LogP contribution is 2.43. The van der Waals surface area contributed by atoms with E-state index in [-0.39, 0.29) is 28.6 Å². The first-order valence-electron chi connectivity index (χ1n) is 10.8. The van der Waals surface area contributed by atoms with Gasteiger partial charge >= 0.3 is 6.61 Å². The van der Waals surface area contributed by atoms with E-state index in [1.165, 1.54) is 16.8 Å². The Morgan fingerprint density at radius 1 is 1.31 bits per heavy atom. The van der Waals surface area contributed by atoms with Gasteiger partial charge in [-0.15, -0.1) is 0 Å². The predicted molar refractivity (Wildman–Crippen MR) is 119 cm³/mol. The van der Waals surface area contributed by atoms with Crippen LogP contribution in [0.3, 0.4) is 0 Å². The molecule has 180 valence electrons. The second-order valence-corrected chi connectivity index (χ2v) is 7.96. The Balaban J connectivity index is 1.43. The summed E-state index contributed by atoms with van der Waals surface area (Å²) in [6, 6.07) is 4.67. The van der Waals surface area contributed by atoms with E-state index in [1.807, 2.05) is 0 Å². The van der Waals surface area contributed by atoms with Crippen molar-refractivity contribution in [3.8, 4) is 22.8 Å². The van der Waals surface area contributed by atoms with Gasteiger partial charge in [0.15, 0.2) is 5.65 Å². The smallest absolute Gasteiger partial charge is 0.387 e. The van der Waals surface area contributed by atoms with Gasteiger partial charge in [0.1, 0.15) is 29.4 Å². The van der Waals surface area contributed by atoms with Crippen LogP contribution in [0.2, 0.25) is 0 Å². The molecule has 0 saturated carbocycles. The summed E-state index contributed by atoms with van der Waals surface area (Å²) >= 11 is 0. The van der Waals surface area contributed by atoms with Crippen molar-refractivity contribution in [2.75, 3.05) is 37.0 Å². The van der Waals surface area contributed by atoms with Gasteiger partial charge in [0.05, 0.1) is 42.4 Å². The molecule has 0 spiro atoms. The molecule has 1 fully saturated rings. The SMILES string of the molecule is O=C(Nc1cn(C2COC2)nc1-c1cc2c(cc1OC(F)F)NCCO2)c1cnn2cccnc12. The summed E-state index contributed by atoms with van der Waals surface area (Å²) < 4.78 is 45.5. The van der Waals surface area contributed by atoms with Crippen molar-refractivity contribution in [1.29, 1.82) is 0 Å². The highest BCUT2D eigenvalue weighted by atomic mass is 19.3. The maximum absolute atomic E-state index is 13.3. The summed E-state index contributed by atoms with van der Waals surface area (Å²) in [5, 5.41) is 14.7. The van der Waals surface area contributed by atoms with Crippen molar-refractivity contribution < 1.29 is 27.8 Å². The van der Waals surface area contributed by atoms with Gasteiger partial charge in [-0.3, -0.25) is 9.48 Å². The van der Waals surface area contributed by atoms with Crippen LogP contribution in [-0.4, -0.2) is 63.3 Å². The Bertz CT molecular complexity index is 1420. The molecule has 0 unspecified atom stereocenters. The third kappa shape index (κ3) is 3.89. The van der Waals surface area contributed by atoms with Crippen molar-refractivity contribution in [1.82, 2.24) is 24.4 Å². The largest absolute Gasteiger partial charge is 0.490 e. The fourth-order valence-electron chi connectivity index (χ4n) is 3.96. The zero-order valence-electron chi connectivity index (χ0n) is 18.1. The molecule has 11 nitrogen and oxygen atoms in total. The van der Waals surface area contributed by atoms with Crippen LogP contribution in [0.5, 0.6) is 11.5 Å². The number of rotatable bonds is 6. The van der Waals surface area contributed by atoms with Crippen LogP contribution in [0, 0.1) is 0 Å². The number of amides is 1. The average Bonchev–Trinajstić information content (AvgIpc) is 3.41. The minimum atomic E-state index is -3.05. The number of hydrogen-bond acceptors (Lipinski definition) is 8. The Labute approximate surface area is 196 Å². The van der Waals surface area contributed by atoms with Crippen LogP contribution in [0.4, 0.5) is 20.2 Å². The first-order valence-corrected chi connectivity index (χ1v) is 10.8. The third-order valence-electron chi connectivity index (χ3n) is 5.73. The molecule has 0 atom stereocenters. The molecule has 2 aliphatic heterocycles.